The second kappa shape index (κ2) is 7.40. The highest BCUT2D eigenvalue weighted by molar-refractivity contribution is 5.92. The van der Waals surface area contributed by atoms with Crippen molar-refractivity contribution in [3.63, 3.8) is 0 Å². The van der Waals surface area contributed by atoms with Crippen molar-refractivity contribution in [3.8, 4) is 11.8 Å². The minimum absolute atomic E-state index is 0.127. The summed E-state index contributed by atoms with van der Waals surface area (Å²) in [5.41, 5.74) is 2.46. The van der Waals surface area contributed by atoms with Crippen LogP contribution in [0, 0.1) is 6.92 Å². The number of amides is 1. The molecular formula is C16H19N3O3. The molecule has 1 aromatic carbocycles. The van der Waals surface area contributed by atoms with E-state index in [4.69, 9.17) is 9.47 Å². The van der Waals surface area contributed by atoms with Gasteiger partial charge in [0.05, 0.1) is 38.2 Å². The highest BCUT2D eigenvalue weighted by Crippen LogP contribution is 2.19. The van der Waals surface area contributed by atoms with Crippen LogP contribution in [0.3, 0.4) is 0 Å². The Morgan fingerprint density at radius 3 is 2.59 bits per heavy atom. The van der Waals surface area contributed by atoms with Crippen molar-refractivity contribution >= 4 is 11.6 Å². The van der Waals surface area contributed by atoms with Crippen LogP contribution in [0.5, 0.6) is 11.8 Å². The first-order valence-corrected chi connectivity index (χ1v) is 7.00. The molecule has 0 saturated carbocycles. The molecule has 116 valence electrons. The number of aryl methyl sites for hydroxylation is 1. The van der Waals surface area contributed by atoms with Crippen LogP contribution in [-0.2, 0) is 11.2 Å². The second-order valence-corrected chi connectivity index (χ2v) is 4.72. The molecule has 0 atom stereocenters. The SMILES string of the molecule is CCOc1ncc(NC(=O)Cc2ccc(OC)c(C)c2)cn1. The molecule has 0 unspecified atom stereocenters. The number of rotatable bonds is 6. The summed E-state index contributed by atoms with van der Waals surface area (Å²) >= 11 is 0. The van der Waals surface area contributed by atoms with Crippen molar-refractivity contribution in [1.82, 2.24) is 9.97 Å². The Bertz CT molecular complexity index is 642. The van der Waals surface area contributed by atoms with Crippen molar-refractivity contribution in [3.05, 3.63) is 41.7 Å². The molecule has 0 aliphatic carbocycles. The van der Waals surface area contributed by atoms with Crippen LogP contribution < -0.4 is 14.8 Å². The molecular weight excluding hydrogens is 282 g/mol. The maximum absolute atomic E-state index is 12.0. The van der Waals surface area contributed by atoms with Crippen LogP contribution in [0.25, 0.3) is 0 Å². The van der Waals surface area contributed by atoms with Crippen LogP contribution in [0.2, 0.25) is 0 Å². The van der Waals surface area contributed by atoms with Gasteiger partial charge in [-0.3, -0.25) is 4.79 Å². The monoisotopic (exact) mass is 301 g/mol. The predicted molar refractivity (Wildman–Crippen MR) is 83.3 cm³/mol. The Morgan fingerprint density at radius 2 is 2.00 bits per heavy atom. The maximum atomic E-state index is 12.0. The van der Waals surface area contributed by atoms with Crippen molar-refractivity contribution in [1.29, 1.82) is 0 Å². The summed E-state index contributed by atoms with van der Waals surface area (Å²) in [7, 11) is 1.63. The molecule has 22 heavy (non-hydrogen) atoms. The van der Waals surface area contributed by atoms with E-state index in [0.29, 0.717) is 18.3 Å². The lowest BCUT2D eigenvalue weighted by Crippen LogP contribution is -2.15. The third-order valence-electron chi connectivity index (χ3n) is 3.01. The largest absolute Gasteiger partial charge is 0.496 e. The normalized spacial score (nSPS) is 10.1. The van der Waals surface area contributed by atoms with E-state index in [1.165, 1.54) is 12.4 Å². The standard InChI is InChI=1S/C16H19N3O3/c1-4-22-16-17-9-13(10-18-16)19-15(20)8-12-5-6-14(21-3)11(2)7-12/h5-7,9-10H,4,8H2,1-3H3,(H,19,20). The Morgan fingerprint density at radius 1 is 1.27 bits per heavy atom. The van der Waals surface area contributed by atoms with E-state index in [1.54, 1.807) is 7.11 Å². The fourth-order valence-electron chi connectivity index (χ4n) is 2.03. The molecule has 2 rings (SSSR count). The van der Waals surface area contributed by atoms with Gasteiger partial charge in [0.2, 0.25) is 5.91 Å². The zero-order chi connectivity index (χ0) is 15.9. The van der Waals surface area contributed by atoms with Gasteiger partial charge in [-0.25, -0.2) is 9.97 Å². The molecule has 0 fully saturated rings. The summed E-state index contributed by atoms with van der Waals surface area (Å²) < 4.78 is 10.4. The summed E-state index contributed by atoms with van der Waals surface area (Å²) in [6.07, 6.45) is 3.32. The molecule has 0 spiro atoms. The van der Waals surface area contributed by atoms with Gasteiger partial charge in [0, 0.05) is 0 Å². The van der Waals surface area contributed by atoms with Crippen LogP contribution in [0.15, 0.2) is 30.6 Å². The highest BCUT2D eigenvalue weighted by Gasteiger charge is 2.07. The van der Waals surface area contributed by atoms with Gasteiger partial charge in [0.1, 0.15) is 5.75 Å². The molecule has 1 aromatic heterocycles. The van der Waals surface area contributed by atoms with Gasteiger partial charge in [-0.1, -0.05) is 12.1 Å². The number of benzene rings is 1. The Kier molecular flexibility index (Phi) is 5.30. The Hall–Kier alpha value is -2.63. The molecule has 0 aliphatic rings. The molecule has 0 radical (unpaired) electrons. The van der Waals surface area contributed by atoms with Gasteiger partial charge in [0.15, 0.2) is 0 Å². The number of hydrogen-bond donors (Lipinski definition) is 1. The molecule has 1 N–H and O–H groups in total. The molecule has 0 bridgehead atoms. The number of carbonyl (C=O) groups excluding carboxylic acids is 1. The molecule has 6 heteroatoms. The lowest BCUT2D eigenvalue weighted by molar-refractivity contribution is -0.115. The van der Waals surface area contributed by atoms with Gasteiger partial charge >= 0.3 is 6.01 Å². The van der Waals surface area contributed by atoms with Crippen molar-refractivity contribution in [2.24, 2.45) is 0 Å². The minimum Gasteiger partial charge on any atom is -0.496 e. The van der Waals surface area contributed by atoms with Crippen molar-refractivity contribution in [2.75, 3.05) is 19.0 Å². The lowest BCUT2D eigenvalue weighted by Gasteiger charge is -2.08. The fourth-order valence-corrected chi connectivity index (χ4v) is 2.03. The number of anilines is 1. The van der Waals surface area contributed by atoms with Crippen LogP contribution in [0.4, 0.5) is 5.69 Å². The number of ether oxygens (including phenoxy) is 2. The first-order chi connectivity index (χ1) is 10.6. The Balaban J connectivity index is 1.96. The van der Waals surface area contributed by atoms with E-state index in [0.717, 1.165) is 16.9 Å². The van der Waals surface area contributed by atoms with E-state index in [1.807, 2.05) is 32.0 Å². The first-order valence-electron chi connectivity index (χ1n) is 7.00. The highest BCUT2D eigenvalue weighted by atomic mass is 16.5. The van der Waals surface area contributed by atoms with E-state index >= 15 is 0 Å². The maximum Gasteiger partial charge on any atom is 0.316 e. The predicted octanol–water partition coefficient (Wildman–Crippen LogP) is 2.37. The summed E-state index contributed by atoms with van der Waals surface area (Å²) in [6.45, 7) is 4.30. The van der Waals surface area contributed by atoms with E-state index in [2.05, 4.69) is 15.3 Å². The summed E-state index contributed by atoms with van der Waals surface area (Å²) in [4.78, 5) is 20.0. The number of nitrogens with zero attached hydrogens (tertiary/aromatic N) is 2. The minimum atomic E-state index is -0.127. The fraction of sp³-hybridized carbons (Fsp3) is 0.312. The smallest absolute Gasteiger partial charge is 0.316 e. The van der Waals surface area contributed by atoms with E-state index in [-0.39, 0.29) is 12.3 Å². The number of hydrogen-bond acceptors (Lipinski definition) is 5. The summed E-state index contributed by atoms with van der Waals surface area (Å²) in [5, 5.41) is 2.76. The zero-order valence-electron chi connectivity index (χ0n) is 12.9. The molecule has 1 heterocycles. The molecule has 6 nitrogen and oxygen atoms in total. The van der Waals surface area contributed by atoms with Crippen LogP contribution in [0.1, 0.15) is 18.1 Å². The number of nitrogens with one attached hydrogen (secondary N) is 1. The zero-order valence-corrected chi connectivity index (χ0v) is 12.9. The lowest BCUT2D eigenvalue weighted by atomic mass is 10.1. The topological polar surface area (TPSA) is 73.3 Å². The average Bonchev–Trinajstić information content (AvgIpc) is 2.50. The van der Waals surface area contributed by atoms with E-state index < -0.39 is 0 Å². The molecule has 0 aliphatic heterocycles. The molecule has 1 amide bonds. The third kappa shape index (κ3) is 4.18. The van der Waals surface area contributed by atoms with Crippen molar-refractivity contribution < 1.29 is 14.3 Å². The number of aromatic nitrogens is 2. The van der Waals surface area contributed by atoms with Gasteiger partial charge in [-0.2, -0.15) is 0 Å². The number of methoxy groups -OCH3 is 1. The van der Waals surface area contributed by atoms with Crippen LogP contribution >= 0.6 is 0 Å². The molecule has 2 aromatic rings. The quantitative estimate of drug-likeness (QED) is 0.886. The van der Waals surface area contributed by atoms with Crippen molar-refractivity contribution in [2.45, 2.75) is 20.3 Å². The van der Waals surface area contributed by atoms with Crippen LogP contribution in [-0.4, -0.2) is 29.6 Å². The van der Waals surface area contributed by atoms with E-state index in [9.17, 15) is 4.79 Å². The average molecular weight is 301 g/mol. The summed E-state index contributed by atoms with van der Waals surface area (Å²) in [6, 6.07) is 5.97. The van der Waals surface area contributed by atoms with Gasteiger partial charge < -0.3 is 14.8 Å². The number of carbonyl (C=O) groups is 1. The Labute approximate surface area is 129 Å². The third-order valence-corrected chi connectivity index (χ3v) is 3.01. The van der Waals surface area contributed by atoms with Gasteiger partial charge in [-0.05, 0) is 31.0 Å². The second-order valence-electron chi connectivity index (χ2n) is 4.72. The summed E-state index contributed by atoms with van der Waals surface area (Å²) in [5.74, 6) is 0.682. The van der Waals surface area contributed by atoms with Gasteiger partial charge in [0.25, 0.3) is 0 Å². The molecule has 0 saturated heterocycles. The first kappa shape index (κ1) is 15.8. The van der Waals surface area contributed by atoms with Gasteiger partial charge in [-0.15, -0.1) is 0 Å².